The minimum absolute atomic E-state index is 0.0360. The van der Waals surface area contributed by atoms with Crippen molar-refractivity contribution in [2.45, 2.75) is 52.5 Å². The van der Waals surface area contributed by atoms with Crippen molar-refractivity contribution in [1.29, 1.82) is 0 Å². The summed E-state index contributed by atoms with van der Waals surface area (Å²) in [7, 11) is 0. The maximum Gasteiger partial charge on any atom is 0.263 e. The molecular formula is C14H24N2O2S. The summed E-state index contributed by atoms with van der Waals surface area (Å²) in [6.45, 7) is 10.2. The topological polar surface area (TPSA) is 62.2 Å². The standard InChI is InChI=1S/C14H24N2O2S/c1-6-9(2)10(8-17)16-12(18)11-7-15-13(19-11)14(3,4)5/h7,9-10,17H,6,8H2,1-5H3,(H,16,18)/t9-,10+/m0/s1. The fraction of sp³-hybridized carbons (Fsp3) is 0.714. The average Bonchev–Trinajstić information content (AvgIpc) is 2.84. The van der Waals surface area contributed by atoms with E-state index >= 15 is 0 Å². The number of hydrogen-bond donors (Lipinski definition) is 2. The summed E-state index contributed by atoms with van der Waals surface area (Å²) in [5.41, 5.74) is -0.0454. The van der Waals surface area contributed by atoms with Gasteiger partial charge in [0.25, 0.3) is 5.91 Å². The molecule has 1 rings (SSSR count). The summed E-state index contributed by atoms with van der Waals surface area (Å²) in [6.07, 6.45) is 2.53. The van der Waals surface area contributed by atoms with Gasteiger partial charge in [-0.05, 0) is 5.92 Å². The molecule has 0 saturated carbocycles. The fourth-order valence-corrected chi connectivity index (χ4v) is 2.49. The van der Waals surface area contributed by atoms with Gasteiger partial charge in [-0.3, -0.25) is 4.79 Å². The van der Waals surface area contributed by atoms with Crippen LogP contribution in [0.15, 0.2) is 6.20 Å². The Labute approximate surface area is 119 Å². The number of aliphatic hydroxyl groups excluding tert-OH is 1. The maximum atomic E-state index is 12.1. The smallest absolute Gasteiger partial charge is 0.263 e. The van der Waals surface area contributed by atoms with E-state index in [4.69, 9.17) is 0 Å². The largest absolute Gasteiger partial charge is 0.394 e. The van der Waals surface area contributed by atoms with Crippen LogP contribution < -0.4 is 5.32 Å². The van der Waals surface area contributed by atoms with Gasteiger partial charge in [-0.1, -0.05) is 41.0 Å². The fourth-order valence-electron chi connectivity index (χ4n) is 1.62. The Balaban J connectivity index is 2.75. The van der Waals surface area contributed by atoms with Crippen LogP contribution in [0.4, 0.5) is 0 Å². The van der Waals surface area contributed by atoms with E-state index in [1.807, 2.05) is 13.8 Å². The van der Waals surface area contributed by atoms with Gasteiger partial charge < -0.3 is 10.4 Å². The lowest BCUT2D eigenvalue weighted by Gasteiger charge is -2.21. The number of hydrogen-bond acceptors (Lipinski definition) is 4. The highest BCUT2D eigenvalue weighted by molar-refractivity contribution is 7.13. The highest BCUT2D eigenvalue weighted by atomic mass is 32.1. The molecular weight excluding hydrogens is 260 g/mol. The van der Waals surface area contributed by atoms with E-state index in [0.29, 0.717) is 4.88 Å². The first-order valence-corrected chi connectivity index (χ1v) is 7.49. The lowest BCUT2D eigenvalue weighted by molar-refractivity contribution is 0.0895. The average molecular weight is 284 g/mol. The monoisotopic (exact) mass is 284 g/mol. The predicted octanol–water partition coefficient (Wildman–Crippen LogP) is 2.58. The Morgan fingerprint density at radius 2 is 2.16 bits per heavy atom. The normalized spacial score (nSPS) is 15.1. The molecule has 0 unspecified atom stereocenters. The second-order valence-electron chi connectivity index (χ2n) is 5.93. The second kappa shape index (κ2) is 6.48. The molecule has 108 valence electrons. The maximum absolute atomic E-state index is 12.1. The Morgan fingerprint density at radius 3 is 2.58 bits per heavy atom. The Kier molecular flexibility index (Phi) is 5.50. The Morgan fingerprint density at radius 1 is 1.53 bits per heavy atom. The molecule has 1 aromatic heterocycles. The molecule has 4 nitrogen and oxygen atoms in total. The number of carbonyl (C=O) groups is 1. The van der Waals surface area contributed by atoms with Crippen LogP contribution in [-0.2, 0) is 5.41 Å². The highest BCUT2D eigenvalue weighted by Gasteiger charge is 2.23. The minimum Gasteiger partial charge on any atom is -0.394 e. The van der Waals surface area contributed by atoms with E-state index in [-0.39, 0.29) is 29.9 Å². The Hall–Kier alpha value is -0.940. The van der Waals surface area contributed by atoms with Gasteiger partial charge in [-0.25, -0.2) is 4.98 Å². The van der Waals surface area contributed by atoms with Crippen molar-refractivity contribution in [3.63, 3.8) is 0 Å². The van der Waals surface area contributed by atoms with E-state index in [1.54, 1.807) is 6.20 Å². The zero-order valence-electron chi connectivity index (χ0n) is 12.4. The lowest BCUT2D eigenvalue weighted by Crippen LogP contribution is -2.41. The molecule has 0 fully saturated rings. The summed E-state index contributed by atoms with van der Waals surface area (Å²) in [6, 6.07) is -0.197. The molecule has 0 radical (unpaired) electrons. The molecule has 2 N–H and O–H groups in total. The molecule has 0 aliphatic heterocycles. The van der Waals surface area contributed by atoms with Crippen LogP contribution in [0.2, 0.25) is 0 Å². The third-order valence-corrected chi connectivity index (χ3v) is 4.64. The summed E-state index contributed by atoms with van der Waals surface area (Å²) in [5, 5.41) is 13.2. The van der Waals surface area contributed by atoms with Gasteiger partial charge in [-0.15, -0.1) is 11.3 Å². The van der Waals surface area contributed by atoms with Gasteiger partial charge in [0, 0.05) is 5.41 Å². The molecule has 0 spiro atoms. The number of aromatic nitrogens is 1. The number of amides is 1. The first-order valence-electron chi connectivity index (χ1n) is 6.67. The first-order chi connectivity index (χ1) is 8.79. The Bertz CT molecular complexity index is 423. The van der Waals surface area contributed by atoms with Crippen LogP contribution in [0.5, 0.6) is 0 Å². The van der Waals surface area contributed by atoms with Crippen LogP contribution >= 0.6 is 11.3 Å². The minimum atomic E-state index is -0.197. The van der Waals surface area contributed by atoms with Gasteiger partial charge in [0.05, 0.1) is 23.9 Å². The number of carbonyl (C=O) groups excluding carboxylic acids is 1. The zero-order valence-corrected chi connectivity index (χ0v) is 13.2. The first kappa shape index (κ1) is 16.1. The molecule has 1 amide bonds. The molecule has 5 heteroatoms. The van der Waals surface area contributed by atoms with Crippen molar-refractivity contribution in [3.8, 4) is 0 Å². The van der Waals surface area contributed by atoms with E-state index in [1.165, 1.54) is 11.3 Å². The van der Waals surface area contributed by atoms with E-state index < -0.39 is 0 Å². The van der Waals surface area contributed by atoms with Crippen LogP contribution in [0, 0.1) is 5.92 Å². The van der Waals surface area contributed by atoms with Crippen LogP contribution in [-0.4, -0.2) is 28.6 Å². The van der Waals surface area contributed by atoms with Gasteiger partial charge in [0.15, 0.2) is 0 Å². The number of nitrogens with one attached hydrogen (secondary N) is 1. The van der Waals surface area contributed by atoms with Crippen LogP contribution in [0.1, 0.15) is 55.7 Å². The molecule has 2 atom stereocenters. The third-order valence-electron chi connectivity index (χ3n) is 3.22. The van der Waals surface area contributed by atoms with E-state index in [9.17, 15) is 9.90 Å². The zero-order chi connectivity index (χ0) is 14.6. The number of rotatable bonds is 5. The molecule has 0 saturated heterocycles. The van der Waals surface area contributed by atoms with Gasteiger partial charge in [0.2, 0.25) is 0 Å². The van der Waals surface area contributed by atoms with Crippen molar-refractivity contribution in [2.75, 3.05) is 6.61 Å². The molecule has 0 aliphatic carbocycles. The molecule has 0 aromatic carbocycles. The van der Waals surface area contributed by atoms with Gasteiger partial charge in [-0.2, -0.15) is 0 Å². The molecule has 19 heavy (non-hydrogen) atoms. The van der Waals surface area contributed by atoms with Gasteiger partial charge >= 0.3 is 0 Å². The highest BCUT2D eigenvalue weighted by Crippen LogP contribution is 2.26. The van der Waals surface area contributed by atoms with Crippen LogP contribution in [0.25, 0.3) is 0 Å². The molecule has 1 aromatic rings. The van der Waals surface area contributed by atoms with Gasteiger partial charge in [0.1, 0.15) is 4.88 Å². The summed E-state index contributed by atoms with van der Waals surface area (Å²) in [5.74, 6) is 0.108. The second-order valence-corrected chi connectivity index (χ2v) is 6.96. The summed E-state index contributed by atoms with van der Waals surface area (Å²) < 4.78 is 0. The van der Waals surface area contributed by atoms with Crippen molar-refractivity contribution < 1.29 is 9.90 Å². The van der Waals surface area contributed by atoms with E-state index in [2.05, 4.69) is 31.1 Å². The molecule has 0 bridgehead atoms. The van der Waals surface area contributed by atoms with Crippen molar-refractivity contribution in [3.05, 3.63) is 16.1 Å². The number of aliphatic hydroxyl groups is 1. The molecule has 1 heterocycles. The van der Waals surface area contributed by atoms with E-state index in [0.717, 1.165) is 11.4 Å². The third kappa shape index (κ3) is 4.28. The summed E-state index contributed by atoms with van der Waals surface area (Å²) >= 11 is 1.41. The SMILES string of the molecule is CC[C@H](C)[C@@H](CO)NC(=O)c1cnc(C(C)(C)C)s1. The number of nitrogens with zero attached hydrogens (tertiary/aromatic N) is 1. The van der Waals surface area contributed by atoms with Crippen molar-refractivity contribution >= 4 is 17.2 Å². The van der Waals surface area contributed by atoms with Crippen LogP contribution in [0.3, 0.4) is 0 Å². The quantitative estimate of drug-likeness (QED) is 0.873. The predicted molar refractivity (Wildman–Crippen MR) is 78.6 cm³/mol. The van der Waals surface area contributed by atoms with Crippen molar-refractivity contribution in [1.82, 2.24) is 10.3 Å². The summed E-state index contributed by atoms with van der Waals surface area (Å²) in [4.78, 5) is 17.0. The van der Waals surface area contributed by atoms with Crippen molar-refractivity contribution in [2.24, 2.45) is 5.92 Å². The number of thiazole rings is 1. The molecule has 0 aliphatic rings. The lowest BCUT2D eigenvalue weighted by atomic mass is 9.98.